The van der Waals surface area contributed by atoms with E-state index in [4.69, 9.17) is 9.47 Å². The van der Waals surface area contributed by atoms with Crippen LogP contribution >= 0.6 is 0 Å². The average Bonchev–Trinajstić information content (AvgIpc) is 2.59. The van der Waals surface area contributed by atoms with Gasteiger partial charge < -0.3 is 9.47 Å². The van der Waals surface area contributed by atoms with Crippen LogP contribution in [0, 0.1) is 5.92 Å². The molecule has 7 heteroatoms. The van der Waals surface area contributed by atoms with E-state index in [1.807, 2.05) is 19.1 Å². The lowest BCUT2D eigenvalue weighted by atomic mass is 9.98. The first-order chi connectivity index (χ1) is 12.4. The van der Waals surface area contributed by atoms with E-state index in [9.17, 15) is 8.42 Å². The summed E-state index contributed by atoms with van der Waals surface area (Å²) >= 11 is 0. The molecule has 1 aromatic carbocycles. The van der Waals surface area contributed by atoms with E-state index in [0.29, 0.717) is 25.7 Å². The van der Waals surface area contributed by atoms with Gasteiger partial charge in [0.25, 0.3) is 0 Å². The molecular weight excluding hydrogens is 352 g/mol. The highest BCUT2D eigenvalue weighted by Gasteiger charge is 2.22. The highest BCUT2D eigenvalue weighted by molar-refractivity contribution is 7.88. The van der Waals surface area contributed by atoms with E-state index >= 15 is 0 Å². The zero-order chi connectivity index (χ0) is 19.0. The number of nitrogens with zero attached hydrogens (tertiary/aromatic N) is 1. The molecule has 1 atom stereocenters. The SMILES string of the molecule is CCCOc1c(CN2CCC[C@H](CNS(C)(=O)=O)C2)cccc1OCC. The number of sulfonamides is 1. The van der Waals surface area contributed by atoms with Crippen molar-refractivity contribution in [3.63, 3.8) is 0 Å². The Hall–Kier alpha value is -1.31. The number of para-hydroxylation sites is 1. The third kappa shape index (κ3) is 6.78. The Morgan fingerprint density at radius 3 is 2.77 bits per heavy atom. The molecule has 0 amide bonds. The second-order valence-electron chi connectivity index (χ2n) is 6.89. The zero-order valence-corrected chi connectivity index (χ0v) is 17.0. The van der Waals surface area contributed by atoms with Crippen LogP contribution in [0.1, 0.15) is 38.7 Å². The average molecular weight is 385 g/mol. The van der Waals surface area contributed by atoms with Crippen LogP contribution in [-0.4, -0.2) is 52.4 Å². The first-order valence-electron chi connectivity index (χ1n) is 9.47. The predicted molar refractivity (Wildman–Crippen MR) is 104 cm³/mol. The predicted octanol–water partition coefficient (Wildman–Crippen LogP) is 2.64. The topological polar surface area (TPSA) is 67.9 Å². The molecule has 1 saturated heterocycles. The van der Waals surface area contributed by atoms with Crippen molar-refractivity contribution < 1.29 is 17.9 Å². The Bertz CT molecular complexity index is 664. The molecule has 148 valence electrons. The molecule has 0 aliphatic carbocycles. The molecule has 1 N–H and O–H groups in total. The Morgan fingerprint density at radius 2 is 2.08 bits per heavy atom. The van der Waals surface area contributed by atoms with Crippen molar-refractivity contribution in [1.29, 1.82) is 0 Å². The lowest BCUT2D eigenvalue weighted by molar-refractivity contribution is 0.166. The number of benzene rings is 1. The highest BCUT2D eigenvalue weighted by atomic mass is 32.2. The van der Waals surface area contributed by atoms with E-state index in [1.54, 1.807) is 0 Å². The van der Waals surface area contributed by atoms with Crippen LogP contribution in [0.25, 0.3) is 0 Å². The van der Waals surface area contributed by atoms with Gasteiger partial charge in [0, 0.05) is 25.2 Å². The maximum absolute atomic E-state index is 11.3. The van der Waals surface area contributed by atoms with Crippen LogP contribution in [0.15, 0.2) is 18.2 Å². The molecule has 1 aliphatic rings. The van der Waals surface area contributed by atoms with Gasteiger partial charge in [-0.3, -0.25) is 4.90 Å². The minimum Gasteiger partial charge on any atom is -0.490 e. The molecule has 0 spiro atoms. The normalized spacial score (nSPS) is 18.7. The van der Waals surface area contributed by atoms with Gasteiger partial charge in [0.05, 0.1) is 19.5 Å². The number of ether oxygens (including phenoxy) is 2. The Morgan fingerprint density at radius 1 is 1.27 bits per heavy atom. The lowest BCUT2D eigenvalue weighted by Crippen LogP contribution is -2.40. The summed E-state index contributed by atoms with van der Waals surface area (Å²) in [5.41, 5.74) is 1.13. The van der Waals surface area contributed by atoms with Gasteiger partial charge in [0.1, 0.15) is 0 Å². The second-order valence-corrected chi connectivity index (χ2v) is 8.72. The molecule has 1 aromatic rings. The molecule has 26 heavy (non-hydrogen) atoms. The molecule has 0 unspecified atom stereocenters. The van der Waals surface area contributed by atoms with Gasteiger partial charge in [-0.05, 0) is 44.7 Å². The zero-order valence-electron chi connectivity index (χ0n) is 16.2. The quantitative estimate of drug-likeness (QED) is 0.672. The van der Waals surface area contributed by atoms with Crippen molar-refractivity contribution in [2.75, 3.05) is 39.1 Å². The van der Waals surface area contributed by atoms with E-state index in [0.717, 1.165) is 56.0 Å². The molecule has 1 aliphatic heterocycles. The van der Waals surface area contributed by atoms with Crippen LogP contribution in [0.3, 0.4) is 0 Å². The van der Waals surface area contributed by atoms with Gasteiger partial charge in [-0.2, -0.15) is 0 Å². The second kappa shape index (κ2) is 10.1. The lowest BCUT2D eigenvalue weighted by Gasteiger charge is -2.33. The monoisotopic (exact) mass is 384 g/mol. The van der Waals surface area contributed by atoms with Crippen LogP contribution in [0.4, 0.5) is 0 Å². The number of piperidine rings is 1. The minimum atomic E-state index is -3.13. The van der Waals surface area contributed by atoms with E-state index in [1.165, 1.54) is 6.26 Å². The van der Waals surface area contributed by atoms with Crippen LogP contribution in [0.2, 0.25) is 0 Å². The van der Waals surface area contributed by atoms with E-state index < -0.39 is 10.0 Å². The minimum absolute atomic E-state index is 0.341. The third-order valence-corrected chi connectivity index (χ3v) is 5.13. The van der Waals surface area contributed by atoms with Crippen molar-refractivity contribution in [3.8, 4) is 11.5 Å². The Labute approximate surface area is 157 Å². The number of hydrogen-bond acceptors (Lipinski definition) is 5. The molecule has 0 bridgehead atoms. The van der Waals surface area contributed by atoms with Gasteiger partial charge in [0.15, 0.2) is 11.5 Å². The molecule has 0 aromatic heterocycles. The summed E-state index contributed by atoms with van der Waals surface area (Å²) in [4.78, 5) is 2.38. The van der Waals surface area contributed by atoms with Crippen molar-refractivity contribution >= 4 is 10.0 Å². The van der Waals surface area contributed by atoms with Crippen molar-refractivity contribution in [2.24, 2.45) is 5.92 Å². The summed E-state index contributed by atoms with van der Waals surface area (Å²) in [5.74, 6) is 1.98. The number of hydrogen-bond donors (Lipinski definition) is 1. The maximum atomic E-state index is 11.3. The Kier molecular flexibility index (Phi) is 8.18. The summed E-state index contributed by atoms with van der Waals surface area (Å²) in [6.07, 6.45) is 4.29. The molecule has 1 fully saturated rings. The van der Waals surface area contributed by atoms with Crippen LogP contribution in [-0.2, 0) is 16.6 Å². The third-order valence-electron chi connectivity index (χ3n) is 4.44. The summed E-state index contributed by atoms with van der Waals surface area (Å²) in [6, 6.07) is 6.05. The molecule has 1 heterocycles. The largest absolute Gasteiger partial charge is 0.490 e. The van der Waals surface area contributed by atoms with E-state index in [2.05, 4.69) is 22.6 Å². The summed E-state index contributed by atoms with van der Waals surface area (Å²) in [7, 11) is -3.13. The van der Waals surface area contributed by atoms with E-state index in [-0.39, 0.29) is 0 Å². The standard InChI is InChI=1S/C19H32N2O4S/c1-4-12-25-19-17(9-6-10-18(19)24-5-2)15-21-11-7-8-16(14-21)13-20-26(3,22)23/h6,9-10,16,20H,4-5,7-8,11-15H2,1-3H3/t16-/m1/s1. The fourth-order valence-electron chi connectivity index (χ4n) is 3.29. The molecular formula is C19H32N2O4S. The van der Waals surface area contributed by atoms with Crippen molar-refractivity contribution in [2.45, 2.75) is 39.7 Å². The fourth-order valence-corrected chi connectivity index (χ4v) is 3.83. The first kappa shape index (κ1) is 21.0. The van der Waals surface area contributed by atoms with Gasteiger partial charge in [-0.25, -0.2) is 13.1 Å². The van der Waals surface area contributed by atoms with Crippen LogP contribution < -0.4 is 14.2 Å². The summed E-state index contributed by atoms with van der Waals surface area (Å²) < 4.78 is 37.0. The van der Waals surface area contributed by atoms with Gasteiger partial charge in [-0.15, -0.1) is 0 Å². The first-order valence-corrected chi connectivity index (χ1v) is 11.4. The molecule has 2 rings (SSSR count). The Balaban J connectivity index is 2.05. The van der Waals surface area contributed by atoms with Gasteiger partial charge >= 0.3 is 0 Å². The number of nitrogens with one attached hydrogen (secondary N) is 1. The highest BCUT2D eigenvalue weighted by Crippen LogP contribution is 2.33. The van der Waals surface area contributed by atoms with Crippen LogP contribution in [0.5, 0.6) is 11.5 Å². The fraction of sp³-hybridized carbons (Fsp3) is 0.684. The number of likely N-dealkylation sites (tertiary alicyclic amines) is 1. The summed E-state index contributed by atoms with van der Waals surface area (Å²) in [5, 5.41) is 0. The van der Waals surface area contributed by atoms with Crippen molar-refractivity contribution in [3.05, 3.63) is 23.8 Å². The number of rotatable bonds is 10. The molecule has 6 nitrogen and oxygen atoms in total. The molecule has 0 radical (unpaired) electrons. The molecule has 0 saturated carbocycles. The smallest absolute Gasteiger partial charge is 0.208 e. The summed E-state index contributed by atoms with van der Waals surface area (Å²) in [6.45, 7) is 8.53. The van der Waals surface area contributed by atoms with Gasteiger partial charge in [-0.1, -0.05) is 19.1 Å². The van der Waals surface area contributed by atoms with Gasteiger partial charge in [0.2, 0.25) is 10.0 Å². The maximum Gasteiger partial charge on any atom is 0.208 e. The van der Waals surface area contributed by atoms with Crippen molar-refractivity contribution in [1.82, 2.24) is 9.62 Å².